The second-order valence-corrected chi connectivity index (χ2v) is 7.24. The molecule has 1 heterocycles. The van der Waals surface area contributed by atoms with E-state index in [4.69, 9.17) is 0 Å². The van der Waals surface area contributed by atoms with Gasteiger partial charge in [0.2, 0.25) is 5.91 Å². The molecule has 0 radical (unpaired) electrons. The van der Waals surface area contributed by atoms with Crippen molar-refractivity contribution in [3.05, 3.63) is 87.9 Å². The fourth-order valence-corrected chi connectivity index (χ4v) is 3.62. The predicted molar refractivity (Wildman–Crippen MR) is 103 cm³/mol. The van der Waals surface area contributed by atoms with E-state index in [1.54, 1.807) is 11.3 Å². The lowest BCUT2D eigenvalue weighted by Gasteiger charge is -2.17. The molecule has 0 aliphatic rings. The van der Waals surface area contributed by atoms with Gasteiger partial charge in [0.25, 0.3) is 0 Å². The first-order valence-corrected chi connectivity index (χ1v) is 9.35. The van der Waals surface area contributed by atoms with Crippen LogP contribution in [0.5, 0.6) is 0 Å². The number of nitrogens with one attached hydrogen (secondary N) is 1. The first-order chi connectivity index (χ1) is 12.1. The quantitative estimate of drug-likeness (QED) is 0.699. The largest absolute Gasteiger partial charge is 0.349 e. The van der Waals surface area contributed by atoms with Crippen molar-refractivity contribution < 1.29 is 4.79 Å². The van der Waals surface area contributed by atoms with E-state index in [9.17, 15) is 4.79 Å². The Hall–Kier alpha value is -2.46. The molecule has 4 heteroatoms. The standard InChI is InChI=1S/C21H22N2OS/c1-15(2)18-14-25-19(23-18)13-22-21(24)20(16-9-5-3-6-10-16)17-11-7-4-8-12-17/h3-12,14-15,20H,13H2,1-2H3,(H,22,24). The topological polar surface area (TPSA) is 42.0 Å². The van der Waals surface area contributed by atoms with E-state index in [2.05, 4.69) is 29.5 Å². The van der Waals surface area contributed by atoms with E-state index in [1.165, 1.54) is 0 Å². The van der Waals surface area contributed by atoms with Gasteiger partial charge >= 0.3 is 0 Å². The van der Waals surface area contributed by atoms with Gasteiger partial charge < -0.3 is 5.32 Å². The number of rotatable bonds is 6. The zero-order valence-electron chi connectivity index (χ0n) is 14.5. The number of amides is 1. The number of nitrogens with zero attached hydrogens (tertiary/aromatic N) is 1. The van der Waals surface area contributed by atoms with E-state index in [0.29, 0.717) is 12.5 Å². The maximum Gasteiger partial charge on any atom is 0.232 e. The lowest BCUT2D eigenvalue weighted by molar-refractivity contribution is -0.121. The van der Waals surface area contributed by atoms with Crippen molar-refractivity contribution in [3.8, 4) is 0 Å². The molecule has 3 nitrogen and oxygen atoms in total. The van der Waals surface area contributed by atoms with Crippen molar-refractivity contribution in [1.29, 1.82) is 0 Å². The molecule has 0 bridgehead atoms. The number of hydrogen-bond acceptors (Lipinski definition) is 3. The SMILES string of the molecule is CC(C)c1csc(CNC(=O)C(c2ccccc2)c2ccccc2)n1. The van der Waals surface area contributed by atoms with E-state index in [1.807, 2.05) is 60.7 Å². The Morgan fingerprint density at radius 2 is 1.56 bits per heavy atom. The Labute approximate surface area is 152 Å². The Bertz CT molecular complexity index is 773. The first kappa shape index (κ1) is 17.4. The number of carbonyl (C=O) groups is 1. The molecule has 25 heavy (non-hydrogen) atoms. The van der Waals surface area contributed by atoms with Gasteiger partial charge in [-0.1, -0.05) is 74.5 Å². The lowest BCUT2D eigenvalue weighted by atomic mass is 9.90. The summed E-state index contributed by atoms with van der Waals surface area (Å²) in [6, 6.07) is 19.8. The highest BCUT2D eigenvalue weighted by molar-refractivity contribution is 7.09. The molecule has 1 N–H and O–H groups in total. The third kappa shape index (κ3) is 4.34. The minimum Gasteiger partial charge on any atom is -0.349 e. The fourth-order valence-electron chi connectivity index (χ4n) is 2.72. The molecule has 0 saturated carbocycles. The summed E-state index contributed by atoms with van der Waals surface area (Å²) in [7, 11) is 0. The van der Waals surface area contributed by atoms with E-state index in [-0.39, 0.29) is 11.8 Å². The first-order valence-electron chi connectivity index (χ1n) is 8.47. The molecule has 3 aromatic rings. The zero-order valence-corrected chi connectivity index (χ0v) is 15.3. The Kier molecular flexibility index (Phi) is 5.61. The highest BCUT2D eigenvalue weighted by Crippen LogP contribution is 2.25. The maximum atomic E-state index is 12.9. The minimum atomic E-state index is -0.313. The summed E-state index contributed by atoms with van der Waals surface area (Å²) in [5, 5.41) is 6.07. The third-order valence-electron chi connectivity index (χ3n) is 4.10. The molecular weight excluding hydrogens is 328 g/mol. The highest BCUT2D eigenvalue weighted by atomic mass is 32.1. The van der Waals surface area contributed by atoms with Crippen LogP contribution in [0.1, 0.15) is 47.5 Å². The molecule has 0 fully saturated rings. The molecule has 1 aromatic heterocycles. The number of benzene rings is 2. The van der Waals surface area contributed by atoms with Crippen LogP contribution in [-0.2, 0) is 11.3 Å². The molecule has 0 aliphatic heterocycles. The van der Waals surface area contributed by atoms with Gasteiger partial charge in [-0.2, -0.15) is 0 Å². The Morgan fingerprint density at radius 1 is 1.00 bits per heavy atom. The molecule has 3 rings (SSSR count). The summed E-state index contributed by atoms with van der Waals surface area (Å²) in [5.41, 5.74) is 3.07. The summed E-state index contributed by atoms with van der Waals surface area (Å²) in [4.78, 5) is 17.5. The molecule has 0 atom stereocenters. The van der Waals surface area contributed by atoms with Crippen LogP contribution in [0.2, 0.25) is 0 Å². The fraction of sp³-hybridized carbons (Fsp3) is 0.238. The van der Waals surface area contributed by atoms with Gasteiger partial charge in [0.05, 0.1) is 18.2 Å². The maximum absolute atomic E-state index is 12.9. The van der Waals surface area contributed by atoms with Gasteiger partial charge in [-0.05, 0) is 17.0 Å². The van der Waals surface area contributed by atoms with Gasteiger partial charge in [0.1, 0.15) is 5.01 Å². The van der Waals surface area contributed by atoms with Crippen molar-refractivity contribution in [1.82, 2.24) is 10.3 Å². The number of carbonyl (C=O) groups excluding carboxylic acids is 1. The van der Waals surface area contributed by atoms with Crippen molar-refractivity contribution >= 4 is 17.2 Å². The summed E-state index contributed by atoms with van der Waals surface area (Å²) in [5.74, 6) is 0.0905. The third-order valence-corrected chi connectivity index (χ3v) is 4.97. The van der Waals surface area contributed by atoms with E-state index in [0.717, 1.165) is 21.8 Å². The summed E-state index contributed by atoms with van der Waals surface area (Å²) in [6.07, 6.45) is 0. The molecule has 0 spiro atoms. The molecular formula is C21H22N2OS. The van der Waals surface area contributed by atoms with Gasteiger partial charge in [-0.25, -0.2) is 4.98 Å². The second-order valence-electron chi connectivity index (χ2n) is 6.29. The summed E-state index contributed by atoms with van der Waals surface area (Å²) < 4.78 is 0. The Morgan fingerprint density at radius 3 is 2.04 bits per heavy atom. The predicted octanol–water partition coefficient (Wildman–Crippen LogP) is 4.71. The van der Waals surface area contributed by atoms with Gasteiger partial charge in [-0.3, -0.25) is 4.79 Å². The van der Waals surface area contributed by atoms with Crippen LogP contribution in [0.4, 0.5) is 0 Å². The summed E-state index contributed by atoms with van der Waals surface area (Å²) >= 11 is 1.60. The van der Waals surface area contributed by atoms with Crippen LogP contribution in [0.25, 0.3) is 0 Å². The van der Waals surface area contributed by atoms with Crippen LogP contribution in [0.3, 0.4) is 0 Å². The van der Waals surface area contributed by atoms with Gasteiger partial charge in [0, 0.05) is 5.38 Å². The molecule has 0 unspecified atom stereocenters. The van der Waals surface area contributed by atoms with Crippen LogP contribution in [0.15, 0.2) is 66.0 Å². The number of hydrogen-bond donors (Lipinski definition) is 1. The molecule has 128 valence electrons. The minimum absolute atomic E-state index is 0.00121. The van der Waals surface area contributed by atoms with Crippen molar-refractivity contribution in [3.63, 3.8) is 0 Å². The van der Waals surface area contributed by atoms with Crippen LogP contribution < -0.4 is 5.32 Å². The van der Waals surface area contributed by atoms with Crippen LogP contribution in [-0.4, -0.2) is 10.9 Å². The van der Waals surface area contributed by atoms with Crippen LogP contribution in [0, 0.1) is 0 Å². The van der Waals surface area contributed by atoms with Gasteiger partial charge in [0.15, 0.2) is 0 Å². The zero-order chi connectivity index (χ0) is 17.6. The normalized spacial score (nSPS) is 11.0. The average Bonchev–Trinajstić information content (AvgIpc) is 3.11. The molecule has 1 amide bonds. The monoisotopic (exact) mass is 350 g/mol. The van der Waals surface area contributed by atoms with Crippen molar-refractivity contribution in [2.75, 3.05) is 0 Å². The Balaban J connectivity index is 1.77. The van der Waals surface area contributed by atoms with Crippen molar-refractivity contribution in [2.24, 2.45) is 0 Å². The molecule has 2 aromatic carbocycles. The summed E-state index contributed by atoms with van der Waals surface area (Å²) in [6.45, 7) is 4.71. The average molecular weight is 350 g/mol. The highest BCUT2D eigenvalue weighted by Gasteiger charge is 2.22. The number of thiazole rings is 1. The van der Waals surface area contributed by atoms with Crippen LogP contribution >= 0.6 is 11.3 Å². The number of aromatic nitrogens is 1. The second kappa shape index (κ2) is 8.08. The molecule has 0 aliphatic carbocycles. The smallest absolute Gasteiger partial charge is 0.232 e. The van der Waals surface area contributed by atoms with E-state index < -0.39 is 0 Å². The lowest BCUT2D eigenvalue weighted by Crippen LogP contribution is -2.29. The van der Waals surface area contributed by atoms with Gasteiger partial charge in [-0.15, -0.1) is 11.3 Å². The van der Waals surface area contributed by atoms with Crippen molar-refractivity contribution in [2.45, 2.75) is 32.2 Å². The van der Waals surface area contributed by atoms with E-state index >= 15 is 0 Å². The molecule has 0 saturated heterocycles.